The minimum absolute atomic E-state index is 0.286. The zero-order valence-electron chi connectivity index (χ0n) is 16.3. The van der Waals surface area contributed by atoms with Crippen molar-refractivity contribution in [2.24, 2.45) is 4.99 Å². The molecule has 0 aromatic carbocycles. The Bertz CT molecular complexity index is 838. The highest BCUT2D eigenvalue weighted by atomic mass is 32.2. The maximum absolute atomic E-state index is 13.3. The first-order valence-corrected chi connectivity index (χ1v) is 10.0. The Morgan fingerprint density at radius 1 is 1.26 bits per heavy atom. The number of thioether (sulfide) groups is 1. The standard InChI is InChI=1S/C19H24N4O3S/c1-6-7-8-14-21-16-15-10(2)9-11(3)20-18(15)27-17(16)19(26)23(14)22(12(4)24)13(5)25/h9,16-17H,6-8H2,1-5H3/t16-,17+/m1/s1. The van der Waals surface area contributed by atoms with E-state index in [-0.39, 0.29) is 11.9 Å². The molecule has 27 heavy (non-hydrogen) atoms. The van der Waals surface area contributed by atoms with E-state index in [1.807, 2.05) is 26.8 Å². The van der Waals surface area contributed by atoms with Crippen LogP contribution in [0.15, 0.2) is 16.1 Å². The topological polar surface area (TPSA) is 82.9 Å². The number of aryl methyl sites for hydroxylation is 2. The van der Waals surface area contributed by atoms with Crippen LogP contribution in [0.25, 0.3) is 0 Å². The second-order valence-electron chi connectivity index (χ2n) is 6.93. The van der Waals surface area contributed by atoms with Crippen molar-refractivity contribution in [1.29, 1.82) is 0 Å². The van der Waals surface area contributed by atoms with Crippen LogP contribution < -0.4 is 0 Å². The molecule has 7 nitrogen and oxygen atoms in total. The van der Waals surface area contributed by atoms with E-state index in [4.69, 9.17) is 4.99 Å². The molecule has 0 saturated heterocycles. The third-order valence-corrected chi connectivity index (χ3v) is 5.96. The number of rotatable bonds is 4. The lowest BCUT2D eigenvalue weighted by atomic mass is 9.98. The van der Waals surface area contributed by atoms with Gasteiger partial charge in [-0.1, -0.05) is 25.1 Å². The fourth-order valence-corrected chi connectivity index (χ4v) is 4.97. The average molecular weight is 388 g/mol. The summed E-state index contributed by atoms with van der Waals surface area (Å²) in [5.74, 6) is -0.804. The van der Waals surface area contributed by atoms with E-state index in [0.717, 1.165) is 39.7 Å². The van der Waals surface area contributed by atoms with Crippen molar-refractivity contribution < 1.29 is 14.4 Å². The van der Waals surface area contributed by atoms with Crippen molar-refractivity contribution >= 4 is 35.3 Å². The molecule has 0 fully saturated rings. The lowest BCUT2D eigenvalue weighted by Crippen LogP contribution is -2.58. The molecule has 3 amide bonds. The maximum Gasteiger partial charge on any atom is 0.263 e. The largest absolute Gasteiger partial charge is 0.273 e. The van der Waals surface area contributed by atoms with Crippen LogP contribution in [0.4, 0.5) is 0 Å². The Morgan fingerprint density at radius 3 is 2.52 bits per heavy atom. The van der Waals surface area contributed by atoms with Gasteiger partial charge in [-0.05, 0) is 31.9 Å². The van der Waals surface area contributed by atoms with E-state index in [0.29, 0.717) is 12.3 Å². The zero-order valence-corrected chi connectivity index (χ0v) is 17.1. The molecule has 2 aliphatic rings. The summed E-state index contributed by atoms with van der Waals surface area (Å²) in [6.07, 6.45) is 2.26. The fourth-order valence-electron chi connectivity index (χ4n) is 3.60. The number of aliphatic imine (C=N–C) groups is 1. The Labute approximate surface area is 163 Å². The molecule has 1 aromatic heterocycles. The van der Waals surface area contributed by atoms with E-state index in [1.54, 1.807) is 0 Å². The van der Waals surface area contributed by atoms with Crippen molar-refractivity contribution in [3.05, 3.63) is 22.9 Å². The molecule has 8 heteroatoms. The summed E-state index contributed by atoms with van der Waals surface area (Å²) in [6.45, 7) is 8.54. The Balaban J connectivity index is 2.10. The highest BCUT2D eigenvalue weighted by molar-refractivity contribution is 8.01. The first kappa shape index (κ1) is 19.5. The van der Waals surface area contributed by atoms with Gasteiger partial charge < -0.3 is 0 Å². The number of amidine groups is 1. The van der Waals surface area contributed by atoms with Gasteiger partial charge in [-0.2, -0.15) is 10.0 Å². The number of hydrogen-bond donors (Lipinski definition) is 0. The van der Waals surface area contributed by atoms with Gasteiger partial charge >= 0.3 is 0 Å². The van der Waals surface area contributed by atoms with Crippen molar-refractivity contribution in [2.75, 3.05) is 0 Å². The highest BCUT2D eigenvalue weighted by Gasteiger charge is 2.49. The lowest BCUT2D eigenvalue weighted by Gasteiger charge is -2.38. The lowest BCUT2D eigenvalue weighted by molar-refractivity contribution is -0.164. The van der Waals surface area contributed by atoms with E-state index in [1.165, 1.54) is 30.6 Å². The summed E-state index contributed by atoms with van der Waals surface area (Å²) in [6, 6.07) is 1.67. The molecule has 0 unspecified atom stereocenters. The van der Waals surface area contributed by atoms with Gasteiger partial charge in [0.2, 0.25) is 11.8 Å². The maximum atomic E-state index is 13.3. The smallest absolute Gasteiger partial charge is 0.263 e. The fraction of sp³-hybridized carbons (Fsp3) is 0.526. The van der Waals surface area contributed by atoms with Crippen LogP contribution in [0.2, 0.25) is 0 Å². The number of pyridine rings is 1. The van der Waals surface area contributed by atoms with Gasteiger partial charge in [0.05, 0.1) is 0 Å². The zero-order chi connectivity index (χ0) is 19.9. The minimum atomic E-state index is -0.514. The van der Waals surface area contributed by atoms with Gasteiger partial charge in [-0.15, -0.1) is 0 Å². The number of amides is 3. The quantitative estimate of drug-likeness (QED) is 0.792. The van der Waals surface area contributed by atoms with Crippen LogP contribution in [-0.2, 0) is 14.4 Å². The molecular weight excluding hydrogens is 364 g/mol. The van der Waals surface area contributed by atoms with Crippen LogP contribution in [0, 0.1) is 13.8 Å². The van der Waals surface area contributed by atoms with Gasteiger partial charge in [0.1, 0.15) is 22.2 Å². The number of carbonyl (C=O) groups excluding carboxylic acids is 3. The van der Waals surface area contributed by atoms with Gasteiger partial charge in [-0.3, -0.25) is 19.4 Å². The molecule has 0 aliphatic carbocycles. The van der Waals surface area contributed by atoms with Crippen molar-refractivity contribution in [2.45, 2.75) is 70.2 Å². The highest BCUT2D eigenvalue weighted by Crippen LogP contribution is 2.49. The van der Waals surface area contributed by atoms with Gasteiger partial charge in [0.25, 0.3) is 5.91 Å². The van der Waals surface area contributed by atoms with Gasteiger partial charge in [0, 0.05) is 31.5 Å². The Morgan fingerprint density at radius 2 is 1.93 bits per heavy atom. The summed E-state index contributed by atoms with van der Waals surface area (Å²) < 4.78 is 0. The van der Waals surface area contributed by atoms with Crippen LogP contribution in [0.1, 0.15) is 62.9 Å². The second kappa shape index (κ2) is 7.42. The van der Waals surface area contributed by atoms with E-state index < -0.39 is 17.1 Å². The number of nitrogens with zero attached hydrogens (tertiary/aromatic N) is 4. The summed E-state index contributed by atoms with van der Waals surface area (Å²) in [7, 11) is 0. The van der Waals surface area contributed by atoms with Crippen molar-refractivity contribution in [1.82, 2.24) is 15.0 Å². The molecule has 0 N–H and O–H groups in total. The van der Waals surface area contributed by atoms with Crippen LogP contribution in [0.3, 0.4) is 0 Å². The van der Waals surface area contributed by atoms with E-state index in [9.17, 15) is 14.4 Å². The van der Waals surface area contributed by atoms with Crippen molar-refractivity contribution in [3.63, 3.8) is 0 Å². The molecular formula is C19H24N4O3S. The molecule has 2 atom stereocenters. The molecule has 1 aromatic rings. The molecule has 0 saturated carbocycles. The Kier molecular flexibility index (Phi) is 5.37. The minimum Gasteiger partial charge on any atom is -0.273 e. The number of carbonyl (C=O) groups is 3. The number of imide groups is 1. The van der Waals surface area contributed by atoms with Gasteiger partial charge in [0.15, 0.2) is 0 Å². The van der Waals surface area contributed by atoms with Crippen molar-refractivity contribution in [3.8, 4) is 0 Å². The Hall–Kier alpha value is -2.22. The molecule has 0 radical (unpaired) electrons. The number of fused-ring (bicyclic) bond motifs is 3. The average Bonchev–Trinajstić information content (AvgIpc) is 2.93. The first-order valence-electron chi connectivity index (χ1n) is 9.12. The molecule has 0 bridgehead atoms. The SMILES string of the molecule is CCCCC1=N[C@@H]2c3c(C)cc(C)nc3S[C@@H]2C(=O)N1N(C(C)=O)C(C)=O. The first-order chi connectivity index (χ1) is 12.8. The third kappa shape index (κ3) is 3.38. The third-order valence-electron chi connectivity index (χ3n) is 4.71. The van der Waals surface area contributed by atoms with E-state index >= 15 is 0 Å². The monoisotopic (exact) mass is 388 g/mol. The summed E-state index contributed by atoms with van der Waals surface area (Å²) >= 11 is 1.37. The van der Waals surface area contributed by atoms with Crippen LogP contribution in [-0.4, -0.2) is 43.8 Å². The number of hydrogen-bond acceptors (Lipinski definition) is 6. The summed E-state index contributed by atoms with van der Waals surface area (Å²) in [5.41, 5.74) is 2.94. The van der Waals surface area contributed by atoms with Crippen LogP contribution >= 0.6 is 11.8 Å². The van der Waals surface area contributed by atoms with E-state index in [2.05, 4.69) is 4.98 Å². The van der Waals surface area contributed by atoms with Crippen LogP contribution in [0.5, 0.6) is 0 Å². The number of aromatic nitrogens is 1. The molecule has 3 rings (SSSR count). The molecule has 144 valence electrons. The predicted octanol–water partition coefficient (Wildman–Crippen LogP) is 2.95. The number of unbranched alkanes of at least 4 members (excludes halogenated alkanes) is 1. The van der Waals surface area contributed by atoms with Gasteiger partial charge in [-0.25, -0.2) is 4.98 Å². The number of hydrazine groups is 1. The molecule has 0 spiro atoms. The normalized spacial score (nSPS) is 20.9. The molecule has 3 heterocycles. The molecule has 2 aliphatic heterocycles. The predicted molar refractivity (Wildman–Crippen MR) is 103 cm³/mol. The summed E-state index contributed by atoms with van der Waals surface area (Å²) in [4.78, 5) is 47.0. The summed E-state index contributed by atoms with van der Waals surface area (Å²) in [5, 5.41) is 2.40. The second-order valence-corrected chi connectivity index (χ2v) is 8.06.